The van der Waals surface area contributed by atoms with Crippen LogP contribution in [0.1, 0.15) is 22.7 Å². The standard InChI is InChI=1S/C17H15N3O5/c1-8-13-14(9-4-2-3-5-11(9)24-7-12(21)22)15-10(6-25-17(15)23)18-16(13)20-19-8/h2-5,14H,6-7H2,1H3,(H,21,22)(H2,18,19,20)/t14-/m0/s1. The van der Waals surface area contributed by atoms with E-state index in [1.807, 2.05) is 19.1 Å². The molecule has 8 nitrogen and oxygen atoms in total. The highest BCUT2D eigenvalue weighted by Crippen LogP contribution is 2.47. The van der Waals surface area contributed by atoms with Crippen molar-refractivity contribution < 1.29 is 24.2 Å². The van der Waals surface area contributed by atoms with Crippen LogP contribution in [0.2, 0.25) is 0 Å². The van der Waals surface area contributed by atoms with Crippen molar-refractivity contribution >= 4 is 17.8 Å². The van der Waals surface area contributed by atoms with Crippen LogP contribution >= 0.6 is 0 Å². The largest absolute Gasteiger partial charge is 0.482 e. The molecule has 0 amide bonds. The van der Waals surface area contributed by atoms with E-state index in [-0.39, 0.29) is 6.61 Å². The van der Waals surface area contributed by atoms with Gasteiger partial charge in [-0.05, 0) is 13.0 Å². The summed E-state index contributed by atoms with van der Waals surface area (Å²) in [5, 5.41) is 19.2. The summed E-state index contributed by atoms with van der Waals surface area (Å²) in [4.78, 5) is 23.2. The zero-order chi connectivity index (χ0) is 17.6. The number of rotatable bonds is 4. The van der Waals surface area contributed by atoms with E-state index in [1.165, 1.54) is 0 Å². The van der Waals surface area contributed by atoms with Gasteiger partial charge in [0.1, 0.15) is 12.4 Å². The number of fused-ring (bicyclic) bond motifs is 1. The third-order valence-electron chi connectivity index (χ3n) is 4.31. The number of benzene rings is 1. The number of carboxylic acid groups (broad SMARTS) is 1. The monoisotopic (exact) mass is 341 g/mol. The number of cyclic esters (lactones) is 1. The zero-order valence-corrected chi connectivity index (χ0v) is 13.3. The normalized spacial score (nSPS) is 18.3. The number of nitrogens with one attached hydrogen (secondary N) is 2. The number of hydrogen-bond acceptors (Lipinski definition) is 6. The molecule has 1 aromatic heterocycles. The number of para-hydroxylation sites is 1. The van der Waals surface area contributed by atoms with Gasteiger partial charge in [0, 0.05) is 16.8 Å². The Hall–Kier alpha value is -3.29. The third-order valence-corrected chi connectivity index (χ3v) is 4.31. The maximum atomic E-state index is 12.3. The van der Waals surface area contributed by atoms with E-state index in [2.05, 4.69) is 15.5 Å². The molecule has 0 spiro atoms. The summed E-state index contributed by atoms with van der Waals surface area (Å²) in [6.45, 7) is 1.57. The summed E-state index contributed by atoms with van der Waals surface area (Å²) in [6, 6.07) is 7.09. The molecule has 0 fully saturated rings. The van der Waals surface area contributed by atoms with E-state index in [4.69, 9.17) is 14.6 Å². The van der Waals surface area contributed by atoms with Gasteiger partial charge in [-0.15, -0.1) is 0 Å². The number of aliphatic carboxylic acids is 1. The summed E-state index contributed by atoms with van der Waals surface area (Å²) in [5.41, 5.74) is 3.50. The molecular formula is C17H15N3O5. The first kappa shape index (κ1) is 15.3. The second kappa shape index (κ2) is 5.66. The smallest absolute Gasteiger partial charge is 0.341 e. The molecule has 4 rings (SSSR count). The third kappa shape index (κ3) is 2.42. The highest BCUT2D eigenvalue weighted by Gasteiger charge is 2.41. The molecule has 3 N–H and O–H groups in total. The Balaban J connectivity index is 1.87. The van der Waals surface area contributed by atoms with E-state index in [1.54, 1.807) is 12.1 Å². The second-order valence-corrected chi connectivity index (χ2v) is 5.86. The molecule has 1 atom stereocenters. The molecule has 0 unspecified atom stereocenters. The Morgan fingerprint density at radius 1 is 1.44 bits per heavy atom. The van der Waals surface area contributed by atoms with Gasteiger partial charge in [0.05, 0.1) is 17.2 Å². The maximum Gasteiger partial charge on any atom is 0.341 e. The molecule has 0 saturated heterocycles. The van der Waals surface area contributed by atoms with Gasteiger partial charge in [-0.2, -0.15) is 5.10 Å². The average Bonchev–Trinajstić information content (AvgIpc) is 3.15. The fraction of sp³-hybridized carbons (Fsp3) is 0.235. The fourth-order valence-electron chi connectivity index (χ4n) is 3.29. The molecule has 2 aromatic rings. The van der Waals surface area contributed by atoms with E-state index in [9.17, 15) is 9.59 Å². The Morgan fingerprint density at radius 3 is 3.04 bits per heavy atom. The van der Waals surface area contributed by atoms with Gasteiger partial charge in [-0.25, -0.2) is 9.59 Å². The number of carbonyl (C=O) groups excluding carboxylic acids is 1. The van der Waals surface area contributed by atoms with Gasteiger partial charge in [-0.1, -0.05) is 18.2 Å². The lowest BCUT2D eigenvalue weighted by Gasteiger charge is -2.25. The van der Waals surface area contributed by atoms with E-state index < -0.39 is 24.5 Å². The van der Waals surface area contributed by atoms with Crippen LogP contribution in [0, 0.1) is 6.92 Å². The van der Waals surface area contributed by atoms with Gasteiger partial charge in [0.25, 0.3) is 0 Å². The van der Waals surface area contributed by atoms with Crippen LogP contribution in [0.15, 0.2) is 35.5 Å². The van der Waals surface area contributed by atoms with Crippen LogP contribution in [0.5, 0.6) is 5.75 Å². The van der Waals surface area contributed by atoms with Gasteiger partial charge < -0.3 is 19.9 Å². The summed E-state index contributed by atoms with van der Waals surface area (Å²) < 4.78 is 10.6. The minimum absolute atomic E-state index is 0.161. The molecule has 3 heterocycles. The average molecular weight is 341 g/mol. The van der Waals surface area contributed by atoms with E-state index >= 15 is 0 Å². The lowest BCUT2D eigenvalue weighted by atomic mass is 9.81. The summed E-state index contributed by atoms with van der Waals surface area (Å²) >= 11 is 0. The zero-order valence-electron chi connectivity index (χ0n) is 13.3. The minimum Gasteiger partial charge on any atom is -0.482 e. The number of anilines is 1. The maximum absolute atomic E-state index is 12.3. The molecule has 0 aliphatic carbocycles. The van der Waals surface area contributed by atoms with Crippen LogP contribution < -0.4 is 10.1 Å². The van der Waals surface area contributed by atoms with Crippen LogP contribution in [-0.2, 0) is 14.3 Å². The molecule has 25 heavy (non-hydrogen) atoms. The number of ether oxygens (including phenoxy) is 2. The topological polar surface area (TPSA) is 114 Å². The molecule has 0 saturated carbocycles. The van der Waals surface area contributed by atoms with Crippen LogP contribution in [0.3, 0.4) is 0 Å². The predicted molar refractivity (Wildman–Crippen MR) is 86.3 cm³/mol. The number of aryl methyl sites for hydroxylation is 1. The molecule has 0 radical (unpaired) electrons. The van der Waals surface area contributed by atoms with Crippen molar-refractivity contribution in [1.82, 2.24) is 10.2 Å². The molecule has 0 bridgehead atoms. The Bertz CT molecular complexity index is 915. The Labute approximate surface area is 142 Å². The number of carboxylic acids is 1. The number of H-pyrrole nitrogens is 1. The summed E-state index contributed by atoms with van der Waals surface area (Å²) in [6.07, 6.45) is 0. The number of aromatic amines is 1. The number of aromatic nitrogens is 2. The fourth-order valence-corrected chi connectivity index (χ4v) is 3.29. The first-order valence-corrected chi connectivity index (χ1v) is 7.72. The highest BCUT2D eigenvalue weighted by atomic mass is 16.5. The van der Waals surface area contributed by atoms with Crippen LogP contribution in [0.4, 0.5) is 5.82 Å². The highest BCUT2D eigenvalue weighted by molar-refractivity contribution is 5.97. The van der Waals surface area contributed by atoms with Crippen molar-refractivity contribution in [2.24, 2.45) is 0 Å². The predicted octanol–water partition coefficient (Wildman–Crippen LogP) is 1.55. The number of nitrogens with zero attached hydrogens (tertiary/aromatic N) is 1. The van der Waals surface area contributed by atoms with Crippen molar-refractivity contribution in [2.75, 3.05) is 18.5 Å². The van der Waals surface area contributed by atoms with Crippen molar-refractivity contribution in [3.05, 3.63) is 52.4 Å². The first-order valence-electron chi connectivity index (χ1n) is 7.72. The summed E-state index contributed by atoms with van der Waals surface area (Å²) in [7, 11) is 0. The number of carbonyl (C=O) groups is 2. The van der Waals surface area contributed by atoms with E-state index in [0.717, 1.165) is 11.3 Å². The van der Waals surface area contributed by atoms with Gasteiger partial charge >= 0.3 is 11.9 Å². The Morgan fingerprint density at radius 2 is 2.24 bits per heavy atom. The van der Waals surface area contributed by atoms with Gasteiger partial charge in [-0.3, -0.25) is 5.10 Å². The van der Waals surface area contributed by atoms with Crippen molar-refractivity contribution in [3.8, 4) is 5.75 Å². The SMILES string of the molecule is Cc1[nH]nc2c1[C@H](c1ccccc1OCC(=O)O)C1=C(COC1=O)N2. The van der Waals surface area contributed by atoms with Gasteiger partial charge in [0.15, 0.2) is 12.4 Å². The molecule has 128 valence electrons. The lowest BCUT2D eigenvalue weighted by Crippen LogP contribution is -2.21. The quantitative estimate of drug-likeness (QED) is 0.723. The molecule has 1 aromatic carbocycles. The molecule has 2 aliphatic heterocycles. The molecular weight excluding hydrogens is 326 g/mol. The molecule has 2 aliphatic rings. The number of hydrogen-bond donors (Lipinski definition) is 3. The van der Waals surface area contributed by atoms with Crippen molar-refractivity contribution in [3.63, 3.8) is 0 Å². The van der Waals surface area contributed by atoms with Gasteiger partial charge in [0.2, 0.25) is 0 Å². The molecule has 8 heteroatoms. The Kier molecular flexibility index (Phi) is 3.45. The van der Waals surface area contributed by atoms with Crippen LogP contribution in [-0.4, -0.2) is 40.5 Å². The second-order valence-electron chi connectivity index (χ2n) is 5.86. The van der Waals surface area contributed by atoms with Crippen molar-refractivity contribution in [1.29, 1.82) is 0 Å². The van der Waals surface area contributed by atoms with E-state index in [0.29, 0.717) is 28.4 Å². The number of esters is 1. The van der Waals surface area contributed by atoms with Crippen LogP contribution in [0.25, 0.3) is 0 Å². The first-order chi connectivity index (χ1) is 12.1. The lowest BCUT2D eigenvalue weighted by molar-refractivity contribution is -0.139. The van der Waals surface area contributed by atoms with Crippen molar-refractivity contribution in [2.45, 2.75) is 12.8 Å². The minimum atomic E-state index is -1.07. The summed E-state index contributed by atoms with van der Waals surface area (Å²) in [5.74, 6) is -0.861.